The summed E-state index contributed by atoms with van der Waals surface area (Å²) in [5.74, 6) is 0.394. The van der Waals surface area contributed by atoms with Crippen LogP contribution in [0.3, 0.4) is 0 Å². The molecule has 1 saturated heterocycles. The molecule has 7 heteroatoms. The van der Waals surface area contributed by atoms with E-state index in [9.17, 15) is 14.4 Å². The Hall–Kier alpha value is -0.920. The summed E-state index contributed by atoms with van der Waals surface area (Å²) in [5.41, 5.74) is -0.494. The molecular weight excluding hydrogens is 342 g/mol. The van der Waals surface area contributed by atoms with Gasteiger partial charge in [0.05, 0.1) is 23.1 Å². The quantitative estimate of drug-likeness (QED) is 0.386. The number of hydrogen-bond donors (Lipinski definition) is 0. The maximum absolute atomic E-state index is 12.2. The minimum atomic E-state index is -0.331. The van der Waals surface area contributed by atoms with Gasteiger partial charge in [0.1, 0.15) is 6.29 Å². The first-order valence-electron chi connectivity index (χ1n) is 8.70. The van der Waals surface area contributed by atoms with Crippen molar-refractivity contribution in [2.45, 2.75) is 69.8 Å². The number of thioether (sulfide) groups is 1. The number of nitrogens with zero attached hydrogens (tertiary/aromatic N) is 1. The summed E-state index contributed by atoms with van der Waals surface area (Å²) >= 11 is 1.50. The number of imide groups is 1. The average Bonchev–Trinajstić information content (AvgIpc) is 2.79. The van der Waals surface area contributed by atoms with E-state index < -0.39 is 0 Å². The van der Waals surface area contributed by atoms with Crippen molar-refractivity contribution in [2.24, 2.45) is 0 Å². The molecule has 144 valence electrons. The third-order valence-corrected chi connectivity index (χ3v) is 5.66. The smallest absolute Gasteiger partial charge is 0.242 e. The van der Waals surface area contributed by atoms with Crippen LogP contribution in [-0.4, -0.2) is 65.5 Å². The molecule has 1 heterocycles. The van der Waals surface area contributed by atoms with Crippen LogP contribution in [0.5, 0.6) is 0 Å². The van der Waals surface area contributed by atoms with Gasteiger partial charge in [-0.05, 0) is 46.3 Å². The Morgan fingerprint density at radius 1 is 1.20 bits per heavy atom. The van der Waals surface area contributed by atoms with Gasteiger partial charge in [-0.1, -0.05) is 0 Å². The van der Waals surface area contributed by atoms with Crippen molar-refractivity contribution in [2.75, 3.05) is 26.0 Å². The Bertz CT molecular complexity index is 478. The number of rotatable bonds is 12. The van der Waals surface area contributed by atoms with Gasteiger partial charge in [-0.3, -0.25) is 14.5 Å². The molecule has 0 saturated carbocycles. The number of hydrogen-bond acceptors (Lipinski definition) is 6. The standard InChI is InChI=1S/C18H31NO5S/c1-17(2,23-5)7-11-24-18(3,4)8-12-25-14-13-15(21)19(16(14)22)9-6-10-20/h10,14H,6-9,11-13H2,1-5H3. The van der Waals surface area contributed by atoms with Gasteiger partial charge in [-0.15, -0.1) is 11.8 Å². The van der Waals surface area contributed by atoms with Crippen LogP contribution in [0.25, 0.3) is 0 Å². The molecule has 1 rings (SSSR count). The fourth-order valence-corrected chi connectivity index (χ4v) is 3.82. The van der Waals surface area contributed by atoms with Crippen LogP contribution in [0.2, 0.25) is 0 Å². The zero-order chi connectivity index (χ0) is 19.1. The van der Waals surface area contributed by atoms with E-state index in [1.807, 2.05) is 27.7 Å². The molecule has 0 aromatic heterocycles. The zero-order valence-electron chi connectivity index (χ0n) is 16.0. The number of ether oxygens (including phenoxy) is 2. The highest BCUT2D eigenvalue weighted by Gasteiger charge is 2.38. The van der Waals surface area contributed by atoms with Crippen LogP contribution < -0.4 is 0 Å². The first kappa shape index (κ1) is 22.1. The Labute approximate surface area is 155 Å². The van der Waals surface area contributed by atoms with Crippen LogP contribution in [0.15, 0.2) is 0 Å². The molecule has 0 radical (unpaired) electrons. The van der Waals surface area contributed by atoms with Crippen molar-refractivity contribution < 1.29 is 23.9 Å². The molecule has 0 aromatic carbocycles. The van der Waals surface area contributed by atoms with E-state index >= 15 is 0 Å². The molecule has 0 aliphatic carbocycles. The zero-order valence-corrected chi connectivity index (χ0v) is 16.8. The van der Waals surface area contributed by atoms with E-state index in [0.717, 1.165) is 24.9 Å². The third kappa shape index (κ3) is 7.46. The van der Waals surface area contributed by atoms with E-state index in [1.165, 1.54) is 16.7 Å². The van der Waals surface area contributed by atoms with E-state index in [2.05, 4.69) is 0 Å². The number of methoxy groups -OCH3 is 1. The maximum Gasteiger partial charge on any atom is 0.242 e. The van der Waals surface area contributed by atoms with Gasteiger partial charge >= 0.3 is 0 Å². The highest BCUT2D eigenvalue weighted by atomic mass is 32.2. The Morgan fingerprint density at radius 2 is 1.88 bits per heavy atom. The van der Waals surface area contributed by atoms with Crippen LogP contribution in [0.4, 0.5) is 0 Å². The van der Waals surface area contributed by atoms with Gasteiger partial charge in [0.2, 0.25) is 11.8 Å². The molecule has 2 amide bonds. The van der Waals surface area contributed by atoms with Gasteiger partial charge in [-0.25, -0.2) is 0 Å². The molecule has 0 spiro atoms. The topological polar surface area (TPSA) is 72.9 Å². The molecule has 1 atom stereocenters. The number of likely N-dealkylation sites (tertiary alicyclic amines) is 1. The lowest BCUT2D eigenvalue weighted by atomic mass is 10.0. The van der Waals surface area contributed by atoms with E-state index in [0.29, 0.717) is 6.61 Å². The molecule has 1 aliphatic heterocycles. The summed E-state index contributed by atoms with van der Waals surface area (Å²) in [6, 6.07) is 0. The van der Waals surface area contributed by atoms with Gasteiger partial charge in [0, 0.05) is 26.5 Å². The summed E-state index contributed by atoms with van der Waals surface area (Å²) in [6.07, 6.45) is 2.75. The van der Waals surface area contributed by atoms with Crippen LogP contribution in [0, 0.1) is 0 Å². The van der Waals surface area contributed by atoms with E-state index in [-0.39, 0.29) is 47.7 Å². The third-order valence-electron chi connectivity index (χ3n) is 4.45. The van der Waals surface area contributed by atoms with Crippen molar-refractivity contribution >= 4 is 29.9 Å². The highest BCUT2D eigenvalue weighted by molar-refractivity contribution is 8.00. The van der Waals surface area contributed by atoms with Gasteiger partial charge in [0.25, 0.3) is 0 Å². The lowest BCUT2D eigenvalue weighted by Crippen LogP contribution is -2.33. The SMILES string of the molecule is COC(C)(C)CCOC(C)(C)CCSC1CC(=O)N(CCC=O)C1=O. The highest BCUT2D eigenvalue weighted by Crippen LogP contribution is 2.28. The summed E-state index contributed by atoms with van der Waals surface area (Å²) in [4.78, 5) is 35.7. The normalized spacial score (nSPS) is 18.9. The first-order valence-corrected chi connectivity index (χ1v) is 9.75. The Balaban J connectivity index is 2.34. The van der Waals surface area contributed by atoms with Gasteiger partial charge < -0.3 is 14.3 Å². The summed E-state index contributed by atoms with van der Waals surface area (Å²) < 4.78 is 11.3. The number of aldehydes is 1. The number of carbonyl (C=O) groups excluding carboxylic acids is 3. The van der Waals surface area contributed by atoms with E-state index in [4.69, 9.17) is 9.47 Å². The summed E-state index contributed by atoms with van der Waals surface area (Å²) in [5, 5.41) is -0.331. The minimum absolute atomic E-state index is 0.169. The molecule has 1 aliphatic rings. The van der Waals surface area contributed by atoms with Gasteiger partial charge in [0.15, 0.2) is 0 Å². The Kier molecular flexibility index (Phi) is 8.57. The second-order valence-corrected chi connectivity index (χ2v) is 8.79. The molecule has 0 aromatic rings. The molecule has 25 heavy (non-hydrogen) atoms. The average molecular weight is 374 g/mol. The second kappa shape index (κ2) is 9.69. The lowest BCUT2D eigenvalue weighted by molar-refractivity contribution is -0.138. The predicted molar refractivity (Wildman–Crippen MR) is 98.6 cm³/mol. The molecule has 6 nitrogen and oxygen atoms in total. The lowest BCUT2D eigenvalue weighted by Gasteiger charge is -2.29. The molecule has 0 N–H and O–H groups in total. The van der Waals surface area contributed by atoms with Crippen molar-refractivity contribution in [3.05, 3.63) is 0 Å². The number of carbonyl (C=O) groups is 3. The number of amides is 2. The van der Waals surface area contributed by atoms with Crippen molar-refractivity contribution in [1.29, 1.82) is 0 Å². The molecular formula is C18H31NO5S. The molecule has 0 bridgehead atoms. The Morgan fingerprint density at radius 3 is 2.48 bits per heavy atom. The largest absolute Gasteiger partial charge is 0.379 e. The predicted octanol–water partition coefficient (Wildman–Crippen LogP) is 2.44. The molecule has 1 unspecified atom stereocenters. The monoisotopic (exact) mass is 373 g/mol. The first-order chi connectivity index (χ1) is 11.6. The fourth-order valence-electron chi connectivity index (χ4n) is 2.39. The van der Waals surface area contributed by atoms with Crippen molar-refractivity contribution in [3.63, 3.8) is 0 Å². The van der Waals surface area contributed by atoms with Crippen LogP contribution in [-0.2, 0) is 23.9 Å². The van der Waals surface area contributed by atoms with E-state index in [1.54, 1.807) is 7.11 Å². The maximum atomic E-state index is 12.2. The minimum Gasteiger partial charge on any atom is -0.379 e. The summed E-state index contributed by atoms with van der Waals surface area (Å²) in [7, 11) is 1.69. The van der Waals surface area contributed by atoms with Crippen molar-refractivity contribution in [3.8, 4) is 0 Å². The van der Waals surface area contributed by atoms with Gasteiger partial charge in [-0.2, -0.15) is 0 Å². The molecule has 1 fully saturated rings. The second-order valence-electron chi connectivity index (χ2n) is 7.47. The fraction of sp³-hybridized carbons (Fsp3) is 0.833. The van der Waals surface area contributed by atoms with Crippen molar-refractivity contribution in [1.82, 2.24) is 4.90 Å². The summed E-state index contributed by atoms with van der Waals surface area (Å²) in [6.45, 7) is 8.92. The van der Waals surface area contributed by atoms with Crippen LogP contribution in [0.1, 0.15) is 53.4 Å². The van der Waals surface area contributed by atoms with Crippen LogP contribution >= 0.6 is 11.8 Å².